The molecule has 0 bridgehead atoms. The molecule has 0 heterocycles. The van der Waals surface area contributed by atoms with Gasteiger partial charge >= 0.3 is 0 Å². The summed E-state index contributed by atoms with van der Waals surface area (Å²) in [5.74, 6) is 0.747. The summed E-state index contributed by atoms with van der Waals surface area (Å²) in [6.07, 6.45) is 8.16. The van der Waals surface area contributed by atoms with Crippen LogP contribution >= 0.6 is 11.6 Å². The van der Waals surface area contributed by atoms with Gasteiger partial charge in [0.25, 0.3) is 0 Å². The van der Waals surface area contributed by atoms with Crippen molar-refractivity contribution in [3.63, 3.8) is 0 Å². The van der Waals surface area contributed by atoms with Gasteiger partial charge in [-0.15, -0.1) is 0 Å². The molecule has 0 aliphatic heterocycles. The van der Waals surface area contributed by atoms with Crippen molar-refractivity contribution in [2.75, 3.05) is 12.3 Å². The molecule has 0 amide bonds. The molecule has 2 N–H and O–H groups in total. The summed E-state index contributed by atoms with van der Waals surface area (Å²) in [4.78, 5) is 0. The van der Waals surface area contributed by atoms with Gasteiger partial charge in [0, 0.05) is 6.61 Å². The Morgan fingerprint density at radius 1 is 1.17 bits per heavy atom. The van der Waals surface area contributed by atoms with Gasteiger partial charge in [-0.3, -0.25) is 0 Å². The summed E-state index contributed by atoms with van der Waals surface area (Å²) in [5.41, 5.74) is 7.50. The maximum absolute atomic E-state index is 5.89. The van der Waals surface area contributed by atoms with E-state index in [1.807, 2.05) is 18.2 Å². The van der Waals surface area contributed by atoms with Gasteiger partial charge in [0.2, 0.25) is 0 Å². The number of rotatable bonds is 4. The third-order valence-corrected chi connectivity index (χ3v) is 4.00. The summed E-state index contributed by atoms with van der Waals surface area (Å²) >= 11 is 5.89. The van der Waals surface area contributed by atoms with Gasteiger partial charge in [-0.1, -0.05) is 43.4 Å². The summed E-state index contributed by atoms with van der Waals surface area (Å²) in [6.45, 7) is 1.51. The Morgan fingerprint density at radius 2 is 1.89 bits per heavy atom. The van der Waals surface area contributed by atoms with E-state index in [-0.39, 0.29) is 0 Å². The maximum Gasteiger partial charge on any atom is 0.0717 e. The lowest BCUT2D eigenvalue weighted by atomic mass is 10.0. The van der Waals surface area contributed by atoms with Crippen LogP contribution in [0.3, 0.4) is 0 Å². The highest BCUT2D eigenvalue weighted by Crippen LogP contribution is 2.24. The number of ether oxygens (including phenoxy) is 1. The minimum Gasteiger partial charge on any atom is -0.398 e. The molecule has 0 spiro atoms. The number of nitrogen functional groups attached to an aromatic ring is 1. The van der Waals surface area contributed by atoms with E-state index in [4.69, 9.17) is 22.1 Å². The lowest BCUT2D eigenvalue weighted by Crippen LogP contribution is -2.08. The van der Waals surface area contributed by atoms with Crippen LogP contribution in [0.25, 0.3) is 0 Å². The standard InChI is InChI=1S/C15H22ClNO/c16-14-8-7-13(9-15(14)17)11-18-10-12-5-3-1-2-4-6-12/h7-9,12H,1-6,10-11,17H2. The van der Waals surface area contributed by atoms with Crippen molar-refractivity contribution in [3.05, 3.63) is 28.8 Å². The summed E-state index contributed by atoms with van der Waals surface area (Å²) in [7, 11) is 0. The fourth-order valence-corrected chi connectivity index (χ4v) is 2.67. The molecular formula is C15H22ClNO. The number of hydrogen-bond donors (Lipinski definition) is 1. The summed E-state index contributed by atoms with van der Waals surface area (Å²) in [6, 6.07) is 5.71. The predicted octanol–water partition coefficient (Wildman–Crippen LogP) is 4.41. The van der Waals surface area contributed by atoms with E-state index in [1.54, 1.807) is 0 Å². The molecule has 0 unspecified atom stereocenters. The number of halogens is 1. The van der Waals surface area contributed by atoms with Crippen LogP contribution in [0.1, 0.15) is 44.1 Å². The molecule has 1 aromatic rings. The zero-order chi connectivity index (χ0) is 12.8. The van der Waals surface area contributed by atoms with Crippen LogP contribution in [0.5, 0.6) is 0 Å². The number of anilines is 1. The molecule has 0 radical (unpaired) electrons. The van der Waals surface area contributed by atoms with E-state index in [0.717, 1.165) is 18.1 Å². The first-order valence-corrected chi connectivity index (χ1v) is 7.25. The number of nitrogens with two attached hydrogens (primary N) is 1. The smallest absolute Gasteiger partial charge is 0.0717 e. The average molecular weight is 268 g/mol. The second kappa shape index (κ2) is 7.01. The van der Waals surface area contributed by atoms with Gasteiger partial charge in [0.05, 0.1) is 17.3 Å². The Bertz CT molecular complexity index is 373. The monoisotopic (exact) mass is 267 g/mol. The highest BCUT2D eigenvalue weighted by atomic mass is 35.5. The zero-order valence-electron chi connectivity index (χ0n) is 10.8. The Morgan fingerprint density at radius 3 is 2.56 bits per heavy atom. The lowest BCUT2D eigenvalue weighted by molar-refractivity contribution is 0.0819. The lowest BCUT2D eigenvalue weighted by Gasteiger charge is -2.14. The van der Waals surface area contributed by atoms with Crippen LogP contribution < -0.4 is 5.73 Å². The summed E-state index contributed by atoms with van der Waals surface area (Å²) in [5, 5.41) is 0.613. The molecule has 2 nitrogen and oxygen atoms in total. The van der Waals surface area contributed by atoms with Crippen molar-refractivity contribution in [3.8, 4) is 0 Å². The molecule has 1 fully saturated rings. The van der Waals surface area contributed by atoms with E-state index < -0.39 is 0 Å². The largest absolute Gasteiger partial charge is 0.398 e. The third-order valence-electron chi connectivity index (χ3n) is 3.66. The molecule has 0 atom stereocenters. The zero-order valence-corrected chi connectivity index (χ0v) is 11.6. The first-order valence-electron chi connectivity index (χ1n) is 6.87. The molecule has 100 valence electrons. The highest BCUT2D eigenvalue weighted by molar-refractivity contribution is 6.33. The van der Waals surface area contributed by atoms with Crippen molar-refractivity contribution in [1.29, 1.82) is 0 Å². The minimum absolute atomic E-state index is 0.613. The van der Waals surface area contributed by atoms with Crippen LogP contribution in [-0.2, 0) is 11.3 Å². The molecule has 1 saturated carbocycles. The molecule has 2 rings (SSSR count). The normalized spacial score (nSPS) is 17.6. The van der Waals surface area contributed by atoms with Crippen molar-refractivity contribution >= 4 is 17.3 Å². The van der Waals surface area contributed by atoms with Crippen molar-refractivity contribution in [2.45, 2.75) is 45.1 Å². The third kappa shape index (κ3) is 4.18. The molecule has 18 heavy (non-hydrogen) atoms. The van der Waals surface area contributed by atoms with Crippen LogP contribution in [-0.4, -0.2) is 6.61 Å². The van der Waals surface area contributed by atoms with Gasteiger partial charge in [-0.25, -0.2) is 0 Å². The van der Waals surface area contributed by atoms with Gasteiger partial charge in [-0.05, 0) is 36.5 Å². The Labute approximate surface area is 114 Å². The second-order valence-electron chi connectivity index (χ2n) is 5.23. The van der Waals surface area contributed by atoms with Crippen LogP contribution in [0, 0.1) is 5.92 Å². The topological polar surface area (TPSA) is 35.2 Å². The Hall–Kier alpha value is -0.730. The van der Waals surface area contributed by atoms with E-state index in [0.29, 0.717) is 17.3 Å². The average Bonchev–Trinajstić information content (AvgIpc) is 2.62. The minimum atomic E-state index is 0.613. The summed E-state index contributed by atoms with van der Waals surface area (Å²) < 4.78 is 5.81. The predicted molar refractivity (Wildman–Crippen MR) is 76.7 cm³/mol. The van der Waals surface area contributed by atoms with E-state index in [1.165, 1.54) is 38.5 Å². The quantitative estimate of drug-likeness (QED) is 0.648. The molecule has 0 saturated heterocycles. The molecular weight excluding hydrogens is 246 g/mol. The molecule has 0 aromatic heterocycles. The van der Waals surface area contributed by atoms with Crippen molar-refractivity contribution < 1.29 is 4.74 Å². The number of hydrogen-bond acceptors (Lipinski definition) is 2. The van der Waals surface area contributed by atoms with Gasteiger partial charge < -0.3 is 10.5 Å². The van der Waals surface area contributed by atoms with E-state index in [9.17, 15) is 0 Å². The first-order chi connectivity index (χ1) is 8.75. The van der Waals surface area contributed by atoms with Gasteiger partial charge in [0.1, 0.15) is 0 Å². The Balaban J connectivity index is 1.75. The SMILES string of the molecule is Nc1cc(COCC2CCCCCC2)ccc1Cl. The second-order valence-corrected chi connectivity index (χ2v) is 5.64. The van der Waals surface area contributed by atoms with Crippen LogP contribution in [0.4, 0.5) is 5.69 Å². The molecule has 1 aromatic carbocycles. The molecule has 1 aliphatic rings. The van der Waals surface area contributed by atoms with E-state index in [2.05, 4.69) is 0 Å². The van der Waals surface area contributed by atoms with Crippen LogP contribution in [0.2, 0.25) is 5.02 Å². The van der Waals surface area contributed by atoms with Crippen LogP contribution in [0.15, 0.2) is 18.2 Å². The highest BCUT2D eigenvalue weighted by Gasteiger charge is 2.12. The van der Waals surface area contributed by atoms with Gasteiger partial charge in [0.15, 0.2) is 0 Å². The first kappa shape index (κ1) is 13.7. The maximum atomic E-state index is 5.89. The molecule has 1 aliphatic carbocycles. The number of benzene rings is 1. The Kier molecular flexibility index (Phi) is 5.33. The van der Waals surface area contributed by atoms with Gasteiger partial charge in [-0.2, -0.15) is 0 Å². The van der Waals surface area contributed by atoms with Crippen molar-refractivity contribution in [1.82, 2.24) is 0 Å². The van der Waals surface area contributed by atoms with Crippen molar-refractivity contribution in [2.24, 2.45) is 5.92 Å². The fraction of sp³-hybridized carbons (Fsp3) is 0.600. The fourth-order valence-electron chi connectivity index (χ4n) is 2.56. The van der Waals surface area contributed by atoms with E-state index >= 15 is 0 Å². The molecule has 3 heteroatoms.